The average molecular weight is 545 g/mol. The summed E-state index contributed by atoms with van der Waals surface area (Å²) in [7, 11) is 6.38. The third-order valence-corrected chi connectivity index (χ3v) is 8.16. The minimum Gasteiger partial charge on any atom is -0.506 e. The van der Waals surface area contributed by atoms with Gasteiger partial charge in [-0.25, -0.2) is 0 Å². The monoisotopic (exact) mass is 544 g/mol. The van der Waals surface area contributed by atoms with E-state index in [-0.39, 0.29) is 37.1 Å². The molecule has 0 heterocycles. The SMILES string of the molecule is CN(C)c1cc(C(=O)NCCO)c(O)c2c1C[C@H]1C[C@H]3[C@H](N(C)C)C(=O)C(C(N)=O)C(=O)[C@@]3(O)C(=O)C1C2=O. The number of hydrogen-bond donors (Lipinski definition) is 5. The maximum absolute atomic E-state index is 13.9. The molecule has 3 aliphatic rings. The van der Waals surface area contributed by atoms with Crippen LogP contribution in [-0.2, 0) is 25.6 Å². The fourth-order valence-corrected chi connectivity index (χ4v) is 6.49. The highest BCUT2D eigenvalue weighted by Crippen LogP contribution is 2.52. The van der Waals surface area contributed by atoms with Crippen molar-refractivity contribution in [1.29, 1.82) is 0 Å². The number of nitrogens with one attached hydrogen (secondary N) is 1. The summed E-state index contributed by atoms with van der Waals surface area (Å²) in [6.07, 6.45) is 0.00170. The molecule has 0 saturated heterocycles. The van der Waals surface area contributed by atoms with Gasteiger partial charge in [-0.3, -0.25) is 33.7 Å². The lowest BCUT2D eigenvalue weighted by atomic mass is 9.52. The van der Waals surface area contributed by atoms with Gasteiger partial charge in [-0.1, -0.05) is 0 Å². The summed E-state index contributed by atoms with van der Waals surface area (Å²) in [6, 6.07) is 0.217. The molecule has 2 unspecified atom stereocenters. The van der Waals surface area contributed by atoms with Crippen LogP contribution in [0.3, 0.4) is 0 Å². The first kappa shape index (κ1) is 28.3. The fraction of sp³-hybridized carbons (Fsp3) is 0.538. The summed E-state index contributed by atoms with van der Waals surface area (Å²) >= 11 is 0. The molecular weight excluding hydrogens is 512 g/mol. The quantitative estimate of drug-likeness (QED) is 0.240. The number of fused-ring (bicyclic) bond motifs is 3. The minimum atomic E-state index is -2.83. The number of primary amides is 1. The number of carbonyl (C=O) groups is 6. The molecule has 13 heteroatoms. The summed E-state index contributed by atoms with van der Waals surface area (Å²) in [6.45, 7) is -0.460. The molecule has 0 bridgehead atoms. The molecule has 6 atom stereocenters. The Morgan fingerprint density at radius 2 is 1.77 bits per heavy atom. The van der Waals surface area contributed by atoms with Gasteiger partial charge in [-0.2, -0.15) is 0 Å². The van der Waals surface area contributed by atoms with Crippen molar-refractivity contribution in [2.75, 3.05) is 46.2 Å². The lowest BCUT2D eigenvalue weighted by Gasteiger charge is -2.52. The van der Waals surface area contributed by atoms with Gasteiger partial charge in [0.15, 0.2) is 34.7 Å². The van der Waals surface area contributed by atoms with Crippen LogP contribution in [0.5, 0.6) is 5.75 Å². The number of aromatic hydroxyl groups is 1. The van der Waals surface area contributed by atoms with Crippen LogP contribution in [0.15, 0.2) is 6.07 Å². The van der Waals surface area contributed by atoms with Crippen molar-refractivity contribution < 1.29 is 44.1 Å². The Hall–Kier alpha value is -3.68. The first-order valence-corrected chi connectivity index (χ1v) is 12.5. The molecule has 0 aromatic heterocycles. The number of phenols is 1. The molecule has 13 nitrogen and oxygen atoms in total. The number of aliphatic hydroxyl groups is 2. The molecule has 210 valence electrons. The summed E-state index contributed by atoms with van der Waals surface area (Å²) in [5, 5.41) is 34.2. The second-order valence-corrected chi connectivity index (χ2v) is 10.8. The molecule has 0 spiro atoms. The van der Waals surface area contributed by atoms with E-state index in [9.17, 15) is 39.0 Å². The number of anilines is 1. The molecule has 0 radical (unpaired) electrons. The Labute approximate surface area is 223 Å². The fourth-order valence-electron chi connectivity index (χ4n) is 6.49. The van der Waals surface area contributed by atoms with Gasteiger partial charge in [0.25, 0.3) is 5.91 Å². The Bertz CT molecular complexity index is 1310. The number of phenolic OH excluding ortho intramolecular Hbond substituents is 1. The maximum Gasteiger partial charge on any atom is 0.255 e. The van der Waals surface area contributed by atoms with Gasteiger partial charge >= 0.3 is 0 Å². The maximum atomic E-state index is 13.9. The number of hydrogen-bond acceptors (Lipinski definition) is 11. The van der Waals surface area contributed by atoms with Crippen LogP contribution in [0, 0.1) is 23.7 Å². The van der Waals surface area contributed by atoms with Crippen molar-refractivity contribution >= 4 is 40.6 Å². The number of ketones is 4. The molecule has 6 N–H and O–H groups in total. The van der Waals surface area contributed by atoms with Crippen LogP contribution < -0.4 is 16.0 Å². The van der Waals surface area contributed by atoms with E-state index in [4.69, 9.17) is 10.8 Å². The number of nitrogens with zero attached hydrogens (tertiary/aromatic N) is 2. The van der Waals surface area contributed by atoms with Gasteiger partial charge in [-0.15, -0.1) is 0 Å². The van der Waals surface area contributed by atoms with E-state index in [1.165, 1.54) is 25.1 Å². The van der Waals surface area contributed by atoms with Crippen molar-refractivity contribution in [3.8, 4) is 5.75 Å². The molecule has 1 aromatic carbocycles. The first-order valence-electron chi connectivity index (χ1n) is 12.5. The van der Waals surface area contributed by atoms with E-state index in [1.54, 1.807) is 19.0 Å². The smallest absolute Gasteiger partial charge is 0.255 e. The molecule has 4 rings (SSSR count). The van der Waals surface area contributed by atoms with E-state index >= 15 is 0 Å². The van der Waals surface area contributed by atoms with Crippen molar-refractivity contribution in [1.82, 2.24) is 10.2 Å². The highest BCUT2D eigenvalue weighted by molar-refractivity contribution is 6.32. The van der Waals surface area contributed by atoms with E-state index < -0.39 is 76.0 Å². The topological polar surface area (TPSA) is 208 Å². The molecule has 2 amide bonds. The second-order valence-electron chi connectivity index (χ2n) is 10.8. The average Bonchev–Trinajstić information content (AvgIpc) is 2.84. The van der Waals surface area contributed by atoms with Crippen molar-refractivity contribution in [3.63, 3.8) is 0 Å². The first-order chi connectivity index (χ1) is 18.2. The van der Waals surface area contributed by atoms with E-state index in [0.717, 1.165) is 0 Å². The molecule has 3 aliphatic carbocycles. The summed E-state index contributed by atoms with van der Waals surface area (Å²) in [5.41, 5.74) is 2.79. The largest absolute Gasteiger partial charge is 0.506 e. The van der Waals surface area contributed by atoms with Gasteiger partial charge < -0.3 is 31.3 Å². The van der Waals surface area contributed by atoms with Crippen LogP contribution in [0.4, 0.5) is 5.69 Å². The van der Waals surface area contributed by atoms with Gasteiger partial charge in [0.1, 0.15) is 5.75 Å². The third kappa shape index (κ3) is 4.03. The van der Waals surface area contributed by atoms with Gasteiger partial charge in [-0.05, 0) is 44.5 Å². The van der Waals surface area contributed by atoms with E-state index in [0.29, 0.717) is 11.3 Å². The zero-order valence-electron chi connectivity index (χ0n) is 22.1. The van der Waals surface area contributed by atoms with Crippen LogP contribution in [-0.4, -0.2) is 108 Å². The highest BCUT2D eigenvalue weighted by atomic mass is 16.3. The number of likely N-dealkylation sites (N-methyl/N-ethyl adjacent to an activating group) is 1. The Morgan fingerprint density at radius 3 is 2.31 bits per heavy atom. The number of rotatable bonds is 6. The van der Waals surface area contributed by atoms with E-state index in [2.05, 4.69) is 5.32 Å². The third-order valence-electron chi connectivity index (χ3n) is 8.16. The summed E-state index contributed by atoms with van der Waals surface area (Å²) in [4.78, 5) is 82.2. The predicted octanol–water partition coefficient (Wildman–Crippen LogP) is -2.34. The minimum absolute atomic E-state index is 0.0732. The Balaban J connectivity index is 1.89. The van der Waals surface area contributed by atoms with Crippen molar-refractivity contribution in [3.05, 3.63) is 22.8 Å². The van der Waals surface area contributed by atoms with Crippen molar-refractivity contribution in [2.24, 2.45) is 29.4 Å². The summed E-state index contributed by atoms with van der Waals surface area (Å²) < 4.78 is 0. The van der Waals surface area contributed by atoms with E-state index in [1.807, 2.05) is 0 Å². The molecule has 2 saturated carbocycles. The lowest BCUT2D eigenvalue weighted by molar-refractivity contribution is -0.181. The van der Waals surface area contributed by atoms with Crippen LogP contribution in [0.1, 0.15) is 32.7 Å². The van der Waals surface area contributed by atoms with Crippen LogP contribution in [0.2, 0.25) is 0 Å². The van der Waals surface area contributed by atoms with Gasteiger partial charge in [0, 0.05) is 32.2 Å². The number of carbonyl (C=O) groups excluding carboxylic acids is 6. The highest BCUT2D eigenvalue weighted by Gasteiger charge is 2.69. The Kier molecular flexibility index (Phi) is 7.13. The number of benzene rings is 1. The number of Topliss-reactive ketones (excluding diaryl/α,β-unsaturated/α-hetero) is 4. The zero-order chi connectivity index (χ0) is 29.1. The number of aliphatic hydroxyl groups excluding tert-OH is 1. The lowest BCUT2D eigenvalue weighted by Crippen LogP contribution is -2.74. The van der Waals surface area contributed by atoms with Gasteiger partial charge in [0.05, 0.1) is 29.7 Å². The molecule has 39 heavy (non-hydrogen) atoms. The van der Waals surface area contributed by atoms with Crippen LogP contribution >= 0.6 is 0 Å². The second kappa shape index (κ2) is 9.81. The molecular formula is C26H32N4O9. The number of amides is 2. The van der Waals surface area contributed by atoms with Crippen LogP contribution in [0.25, 0.3) is 0 Å². The predicted molar refractivity (Wildman–Crippen MR) is 135 cm³/mol. The normalized spacial score (nSPS) is 30.0. The molecule has 1 aromatic rings. The summed E-state index contributed by atoms with van der Waals surface area (Å²) in [5.74, 6) is -12.5. The standard InChI is InChI=1S/C26H32N4O9/c1-29(2)14-9-12(25(38)28-5-6-31)19(32)16-11(14)7-10-8-13-18(30(3)4)21(34)17(24(27)37)23(36)26(13,39)22(35)15(10)20(16)33/h9-10,13,15,17-18,31-32,39H,5-8H2,1-4H3,(H2,27,37)(H,28,38)/t10-,13-,15?,17?,18-,26-/m0/s1. The number of nitrogens with two attached hydrogens (primary N) is 1. The van der Waals surface area contributed by atoms with Crippen molar-refractivity contribution in [2.45, 2.75) is 24.5 Å². The zero-order valence-corrected chi connectivity index (χ0v) is 22.1. The molecule has 2 fully saturated rings. The molecule has 0 aliphatic heterocycles. The Morgan fingerprint density at radius 1 is 1.13 bits per heavy atom. The van der Waals surface area contributed by atoms with Gasteiger partial charge in [0.2, 0.25) is 5.91 Å².